The molecule has 2 rings (SSSR count). The second-order valence-electron chi connectivity index (χ2n) is 6.80. The van der Waals surface area contributed by atoms with E-state index in [1.807, 2.05) is 0 Å². The first-order valence-corrected chi connectivity index (χ1v) is 8.14. The summed E-state index contributed by atoms with van der Waals surface area (Å²) in [6, 6.07) is 1.81. The van der Waals surface area contributed by atoms with Gasteiger partial charge in [0.25, 0.3) is 0 Å². The van der Waals surface area contributed by atoms with Crippen molar-refractivity contribution in [3.05, 3.63) is 0 Å². The quantitative estimate of drug-likeness (QED) is 0.834. The molecule has 106 valence electrons. The molecule has 0 aromatic heterocycles. The molecule has 0 aromatic rings. The maximum Gasteiger partial charge on any atom is 0.0252 e. The highest BCUT2D eigenvalue weighted by Crippen LogP contribution is 2.34. The van der Waals surface area contributed by atoms with Crippen LogP contribution in [0.25, 0.3) is 0 Å². The Morgan fingerprint density at radius 1 is 1.17 bits per heavy atom. The van der Waals surface area contributed by atoms with Crippen molar-refractivity contribution in [2.75, 3.05) is 6.54 Å². The van der Waals surface area contributed by atoms with Gasteiger partial charge in [0.15, 0.2) is 0 Å². The number of piperidine rings is 1. The summed E-state index contributed by atoms with van der Waals surface area (Å²) in [4.78, 5) is 2.75. The SMILES string of the molecule is CCCC1CCC(N)C(N2CCCC(C)C2C)C1. The highest BCUT2D eigenvalue weighted by atomic mass is 15.2. The maximum atomic E-state index is 6.43. The monoisotopic (exact) mass is 252 g/mol. The lowest BCUT2D eigenvalue weighted by atomic mass is 9.78. The van der Waals surface area contributed by atoms with Gasteiger partial charge in [-0.05, 0) is 57.4 Å². The van der Waals surface area contributed by atoms with Crippen LogP contribution in [-0.4, -0.2) is 29.6 Å². The van der Waals surface area contributed by atoms with E-state index in [9.17, 15) is 0 Å². The van der Waals surface area contributed by atoms with E-state index < -0.39 is 0 Å². The van der Waals surface area contributed by atoms with Crippen molar-refractivity contribution >= 4 is 0 Å². The molecule has 0 aromatic carbocycles. The predicted molar refractivity (Wildman–Crippen MR) is 78.6 cm³/mol. The van der Waals surface area contributed by atoms with Gasteiger partial charge in [-0.1, -0.05) is 26.7 Å². The minimum absolute atomic E-state index is 0.422. The minimum atomic E-state index is 0.422. The largest absolute Gasteiger partial charge is 0.326 e. The highest BCUT2D eigenvalue weighted by Gasteiger charge is 2.36. The molecule has 2 nitrogen and oxygen atoms in total. The second-order valence-corrected chi connectivity index (χ2v) is 6.80. The van der Waals surface area contributed by atoms with E-state index >= 15 is 0 Å². The molecule has 1 saturated carbocycles. The van der Waals surface area contributed by atoms with Gasteiger partial charge in [-0.3, -0.25) is 4.90 Å². The molecule has 18 heavy (non-hydrogen) atoms. The summed E-state index contributed by atoms with van der Waals surface area (Å²) < 4.78 is 0. The standard InChI is InChI=1S/C16H32N2/c1-4-6-14-8-9-15(17)16(11-14)18-10-5-7-12(2)13(18)3/h12-16H,4-11,17H2,1-3H3. The van der Waals surface area contributed by atoms with Crippen molar-refractivity contribution in [2.45, 2.75) is 83.8 Å². The normalized spacial score (nSPS) is 43.0. The zero-order valence-corrected chi connectivity index (χ0v) is 12.6. The molecule has 1 aliphatic carbocycles. The first-order valence-electron chi connectivity index (χ1n) is 8.14. The fraction of sp³-hybridized carbons (Fsp3) is 1.00. The van der Waals surface area contributed by atoms with Gasteiger partial charge in [-0.2, -0.15) is 0 Å². The van der Waals surface area contributed by atoms with Crippen molar-refractivity contribution in [3.8, 4) is 0 Å². The number of nitrogens with two attached hydrogens (primary N) is 1. The Morgan fingerprint density at radius 3 is 2.67 bits per heavy atom. The zero-order valence-electron chi connectivity index (χ0n) is 12.6. The Morgan fingerprint density at radius 2 is 1.94 bits per heavy atom. The van der Waals surface area contributed by atoms with Crippen LogP contribution in [0.2, 0.25) is 0 Å². The van der Waals surface area contributed by atoms with Gasteiger partial charge in [0.1, 0.15) is 0 Å². The summed E-state index contributed by atoms with van der Waals surface area (Å²) in [5.41, 5.74) is 6.43. The Hall–Kier alpha value is -0.0800. The Bertz CT molecular complexity index is 253. The topological polar surface area (TPSA) is 29.3 Å². The summed E-state index contributed by atoms with van der Waals surface area (Å²) in [6.07, 6.45) is 9.47. The van der Waals surface area contributed by atoms with Gasteiger partial charge in [0.05, 0.1) is 0 Å². The highest BCUT2D eigenvalue weighted by molar-refractivity contribution is 4.93. The van der Waals surface area contributed by atoms with Crippen LogP contribution in [0.3, 0.4) is 0 Å². The van der Waals surface area contributed by atoms with E-state index in [-0.39, 0.29) is 0 Å². The lowest BCUT2D eigenvalue weighted by Gasteiger charge is -2.48. The van der Waals surface area contributed by atoms with Crippen molar-refractivity contribution in [1.29, 1.82) is 0 Å². The van der Waals surface area contributed by atoms with E-state index in [1.54, 1.807) is 0 Å². The first-order chi connectivity index (χ1) is 8.63. The molecule has 5 unspecified atom stereocenters. The third kappa shape index (κ3) is 3.08. The summed E-state index contributed by atoms with van der Waals surface area (Å²) in [5.74, 6) is 1.78. The molecule has 0 bridgehead atoms. The van der Waals surface area contributed by atoms with Crippen LogP contribution in [0.5, 0.6) is 0 Å². The Labute approximate surface area is 113 Å². The second kappa shape index (κ2) is 6.38. The molecule has 2 fully saturated rings. The van der Waals surface area contributed by atoms with Gasteiger partial charge in [0.2, 0.25) is 0 Å². The minimum Gasteiger partial charge on any atom is -0.326 e. The summed E-state index contributed by atoms with van der Waals surface area (Å²) >= 11 is 0. The van der Waals surface area contributed by atoms with E-state index in [1.165, 1.54) is 51.5 Å². The van der Waals surface area contributed by atoms with Crippen LogP contribution in [-0.2, 0) is 0 Å². The molecule has 1 aliphatic heterocycles. The Kier molecular flexibility index (Phi) is 5.08. The van der Waals surface area contributed by atoms with Crippen molar-refractivity contribution in [1.82, 2.24) is 4.90 Å². The smallest absolute Gasteiger partial charge is 0.0252 e. The molecular formula is C16H32N2. The van der Waals surface area contributed by atoms with Gasteiger partial charge >= 0.3 is 0 Å². The molecule has 2 N–H and O–H groups in total. The number of nitrogens with zero attached hydrogens (tertiary/aromatic N) is 1. The van der Waals surface area contributed by atoms with Crippen molar-refractivity contribution in [3.63, 3.8) is 0 Å². The Balaban J connectivity index is 2.00. The maximum absolute atomic E-state index is 6.43. The number of hydrogen-bond donors (Lipinski definition) is 1. The third-order valence-electron chi connectivity index (χ3n) is 5.52. The van der Waals surface area contributed by atoms with Gasteiger partial charge in [-0.15, -0.1) is 0 Å². The van der Waals surface area contributed by atoms with E-state index in [4.69, 9.17) is 5.73 Å². The number of hydrogen-bond acceptors (Lipinski definition) is 2. The molecule has 2 aliphatic rings. The lowest BCUT2D eigenvalue weighted by Crippen LogP contribution is -2.57. The molecular weight excluding hydrogens is 220 g/mol. The summed E-state index contributed by atoms with van der Waals surface area (Å²) in [6.45, 7) is 8.42. The lowest BCUT2D eigenvalue weighted by molar-refractivity contribution is 0.0275. The molecule has 1 saturated heterocycles. The average molecular weight is 252 g/mol. The molecule has 0 spiro atoms. The molecule has 2 heteroatoms. The van der Waals surface area contributed by atoms with Crippen LogP contribution in [0.4, 0.5) is 0 Å². The van der Waals surface area contributed by atoms with Crippen molar-refractivity contribution in [2.24, 2.45) is 17.6 Å². The zero-order chi connectivity index (χ0) is 13.1. The van der Waals surface area contributed by atoms with Crippen molar-refractivity contribution < 1.29 is 0 Å². The fourth-order valence-corrected chi connectivity index (χ4v) is 4.14. The van der Waals surface area contributed by atoms with Crippen LogP contribution in [0.1, 0.15) is 65.7 Å². The van der Waals surface area contributed by atoms with Gasteiger partial charge in [-0.25, -0.2) is 0 Å². The predicted octanol–water partition coefficient (Wildman–Crippen LogP) is 3.40. The van der Waals surface area contributed by atoms with Crippen LogP contribution in [0, 0.1) is 11.8 Å². The molecule has 1 heterocycles. The fourth-order valence-electron chi connectivity index (χ4n) is 4.14. The van der Waals surface area contributed by atoms with Gasteiger partial charge < -0.3 is 5.73 Å². The molecule has 5 atom stereocenters. The first kappa shape index (κ1) is 14.3. The van der Waals surface area contributed by atoms with E-state index in [0.29, 0.717) is 12.1 Å². The van der Waals surface area contributed by atoms with Crippen LogP contribution < -0.4 is 5.73 Å². The molecule has 0 amide bonds. The molecule has 0 radical (unpaired) electrons. The number of rotatable bonds is 3. The summed E-state index contributed by atoms with van der Waals surface area (Å²) in [5, 5.41) is 0. The number of likely N-dealkylation sites (tertiary alicyclic amines) is 1. The van der Waals surface area contributed by atoms with Crippen LogP contribution >= 0.6 is 0 Å². The van der Waals surface area contributed by atoms with Crippen LogP contribution in [0.15, 0.2) is 0 Å². The third-order valence-corrected chi connectivity index (χ3v) is 5.52. The van der Waals surface area contributed by atoms with E-state index in [0.717, 1.165) is 17.9 Å². The van der Waals surface area contributed by atoms with E-state index in [2.05, 4.69) is 25.7 Å². The van der Waals surface area contributed by atoms with Gasteiger partial charge in [0, 0.05) is 18.1 Å². The average Bonchev–Trinajstić information content (AvgIpc) is 2.36. The summed E-state index contributed by atoms with van der Waals surface area (Å²) in [7, 11) is 0.